The van der Waals surface area contributed by atoms with Gasteiger partial charge in [-0.2, -0.15) is 11.8 Å². The van der Waals surface area contributed by atoms with Gasteiger partial charge in [0.1, 0.15) is 6.10 Å². The lowest BCUT2D eigenvalue weighted by atomic mass is 10.2. The van der Waals surface area contributed by atoms with Gasteiger partial charge in [-0.1, -0.05) is 0 Å². The van der Waals surface area contributed by atoms with Gasteiger partial charge in [0.05, 0.1) is 6.54 Å². The Morgan fingerprint density at radius 2 is 2.22 bits per heavy atom. The SMILES string of the molecule is CCNC(=NCc1ccnc(OC2CCCC2)c1)NCCSC. The van der Waals surface area contributed by atoms with Crippen molar-refractivity contribution in [2.45, 2.75) is 45.3 Å². The summed E-state index contributed by atoms with van der Waals surface area (Å²) in [6.07, 6.45) is 9.08. The lowest BCUT2D eigenvalue weighted by Gasteiger charge is -2.13. The largest absolute Gasteiger partial charge is 0.474 e. The van der Waals surface area contributed by atoms with Crippen LogP contribution in [0, 0.1) is 0 Å². The van der Waals surface area contributed by atoms with E-state index in [4.69, 9.17) is 4.74 Å². The molecule has 128 valence electrons. The number of aliphatic imine (C=N–C) groups is 1. The summed E-state index contributed by atoms with van der Waals surface area (Å²) in [5.41, 5.74) is 1.12. The zero-order valence-corrected chi connectivity index (χ0v) is 15.0. The van der Waals surface area contributed by atoms with Crippen molar-refractivity contribution in [1.29, 1.82) is 0 Å². The number of guanidine groups is 1. The van der Waals surface area contributed by atoms with Crippen molar-refractivity contribution < 1.29 is 4.74 Å². The topological polar surface area (TPSA) is 58.5 Å². The van der Waals surface area contributed by atoms with Crippen LogP contribution in [0.5, 0.6) is 5.88 Å². The van der Waals surface area contributed by atoms with Crippen LogP contribution in [0.3, 0.4) is 0 Å². The summed E-state index contributed by atoms with van der Waals surface area (Å²) in [6, 6.07) is 4.00. The van der Waals surface area contributed by atoms with Gasteiger partial charge in [-0.05, 0) is 50.5 Å². The first-order valence-electron chi connectivity index (χ1n) is 8.44. The third-order valence-corrected chi connectivity index (χ3v) is 4.36. The quantitative estimate of drug-likeness (QED) is 0.434. The Kier molecular flexibility index (Phi) is 8.07. The summed E-state index contributed by atoms with van der Waals surface area (Å²) in [7, 11) is 0. The van der Waals surface area contributed by atoms with Crippen molar-refractivity contribution >= 4 is 17.7 Å². The van der Waals surface area contributed by atoms with Crippen molar-refractivity contribution in [3.8, 4) is 5.88 Å². The van der Waals surface area contributed by atoms with Crippen LogP contribution in [0.25, 0.3) is 0 Å². The van der Waals surface area contributed by atoms with Crippen LogP contribution in [-0.4, -0.2) is 42.1 Å². The van der Waals surface area contributed by atoms with Gasteiger partial charge in [-0.25, -0.2) is 9.98 Å². The van der Waals surface area contributed by atoms with E-state index in [1.165, 1.54) is 12.8 Å². The molecular weight excluding hydrogens is 308 g/mol. The highest BCUT2D eigenvalue weighted by Gasteiger charge is 2.16. The molecule has 0 bridgehead atoms. The highest BCUT2D eigenvalue weighted by molar-refractivity contribution is 7.98. The number of rotatable bonds is 8. The third-order valence-electron chi connectivity index (χ3n) is 3.75. The predicted molar refractivity (Wildman–Crippen MR) is 98.3 cm³/mol. The van der Waals surface area contributed by atoms with Gasteiger partial charge in [0.25, 0.3) is 0 Å². The fourth-order valence-electron chi connectivity index (χ4n) is 2.57. The molecule has 0 unspecified atom stereocenters. The number of ether oxygens (including phenoxy) is 1. The molecule has 0 aromatic carbocycles. The van der Waals surface area contributed by atoms with Crippen molar-refractivity contribution in [2.75, 3.05) is 25.1 Å². The maximum atomic E-state index is 5.96. The van der Waals surface area contributed by atoms with Crippen LogP contribution in [0.1, 0.15) is 38.2 Å². The molecule has 0 atom stereocenters. The van der Waals surface area contributed by atoms with Crippen LogP contribution >= 0.6 is 11.8 Å². The number of hydrogen-bond donors (Lipinski definition) is 2. The van der Waals surface area contributed by atoms with Crippen LogP contribution < -0.4 is 15.4 Å². The number of nitrogens with zero attached hydrogens (tertiary/aromatic N) is 2. The van der Waals surface area contributed by atoms with Crippen molar-refractivity contribution in [1.82, 2.24) is 15.6 Å². The van der Waals surface area contributed by atoms with Crippen molar-refractivity contribution in [2.24, 2.45) is 4.99 Å². The van der Waals surface area contributed by atoms with Gasteiger partial charge in [0, 0.05) is 31.1 Å². The molecule has 1 aromatic rings. The van der Waals surface area contributed by atoms with Crippen molar-refractivity contribution in [3.05, 3.63) is 23.9 Å². The van der Waals surface area contributed by atoms with Gasteiger partial charge in [-0.3, -0.25) is 0 Å². The van der Waals surface area contributed by atoms with Crippen molar-refractivity contribution in [3.63, 3.8) is 0 Å². The van der Waals surface area contributed by atoms with E-state index in [1.54, 1.807) is 0 Å². The molecule has 1 aliphatic rings. The van der Waals surface area contributed by atoms with E-state index in [0.717, 1.165) is 49.1 Å². The second-order valence-electron chi connectivity index (χ2n) is 5.64. The summed E-state index contributed by atoms with van der Waals surface area (Å²) in [5, 5.41) is 6.60. The molecule has 2 N–H and O–H groups in total. The Bertz CT molecular complexity index is 489. The summed E-state index contributed by atoms with van der Waals surface area (Å²) < 4.78 is 5.96. The van der Waals surface area contributed by atoms with Gasteiger partial charge in [0.15, 0.2) is 5.96 Å². The van der Waals surface area contributed by atoms with Gasteiger partial charge < -0.3 is 15.4 Å². The molecule has 2 rings (SSSR count). The zero-order chi connectivity index (χ0) is 16.3. The van der Waals surface area contributed by atoms with Gasteiger partial charge in [-0.15, -0.1) is 0 Å². The van der Waals surface area contributed by atoms with E-state index in [1.807, 2.05) is 30.1 Å². The molecule has 23 heavy (non-hydrogen) atoms. The molecule has 0 saturated heterocycles. The maximum Gasteiger partial charge on any atom is 0.213 e. The van der Waals surface area contributed by atoms with E-state index in [2.05, 4.69) is 33.8 Å². The summed E-state index contributed by atoms with van der Waals surface area (Å²) in [6.45, 7) is 4.47. The maximum absolute atomic E-state index is 5.96. The Morgan fingerprint density at radius 1 is 1.39 bits per heavy atom. The van der Waals surface area contributed by atoms with E-state index < -0.39 is 0 Å². The second-order valence-corrected chi connectivity index (χ2v) is 6.63. The minimum absolute atomic E-state index is 0.340. The predicted octanol–water partition coefficient (Wildman–Crippen LogP) is 2.82. The summed E-state index contributed by atoms with van der Waals surface area (Å²) in [4.78, 5) is 8.95. The molecule has 0 radical (unpaired) electrons. The van der Waals surface area contributed by atoms with E-state index in [-0.39, 0.29) is 0 Å². The Hall–Kier alpha value is -1.43. The molecule has 0 amide bonds. The molecular formula is C17H28N4OS. The zero-order valence-electron chi connectivity index (χ0n) is 14.2. The third kappa shape index (κ3) is 6.69. The summed E-state index contributed by atoms with van der Waals surface area (Å²) >= 11 is 1.82. The fourth-order valence-corrected chi connectivity index (χ4v) is 2.88. The minimum atomic E-state index is 0.340. The first-order chi connectivity index (χ1) is 11.3. The average Bonchev–Trinajstić information content (AvgIpc) is 3.06. The first kappa shape index (κ1) is 17.9. The Balaban J connectivity index is 1.90. The van der Waals surface area contributed by atoms with E-state index in [9.17, 15) is 0 Å². The number of hydrogen-bond acceptors (Lipinski definition) is 4. The minimum Gasteiger partial charge on any atom is -0.474 e. The van der Waals surface area contributed by atoms with E-state index in [0.29, 0.717) is 12.6 Å². The number of pyridine rings is 1. The molecule has 0 aliphatic heterocycles. The summed E-state index contributed by atoms with van der Waals surface area (Å²) in [5.74, 6) is 2.65. The molecule has 6 heteroatoms. The standard InChI is InChI=1S/C17H28N4OS/c1-3-18-17(20-10-11-23-2)21-13-14-8-9-19-16(12-14)22-15-6-4-5-7-15/h8-9,12,15H,3-7,10-11,13H2,1-2H3,(H2,18,20,21). The highest BCUT2D eigenvalue weighted by Crippen LogP contribution is 2.23. The molecule has 1 fully saturated rings. The molecule has 1 aromatic heterocycles. The van der Waals surface area contributed by atoms with Gasteiger partial charge >= 0.3 is 0 Å². The van der Waals surface area contributed by atoms with Crippen LogP contribution in [-0.2, 0) is 6.54 Å². The van der Waals surface area contributed by atoms with Crippen LogP contribution in [0.2, 0.25) is 0 Å². The lowest BCUT2D eigenvalue weighted by molar-refractivity contribution is 0.201. The number of nitrogens with one attached hydrogen (secondary N) is 2. The Labute approximate surface area is 143 Å². The average molecular weight is 337 g/mol. The van der Waals surface area contributed by atoms with Crippen LogP contribution in [0.15, 0.2) is 23.3 Å². The fraction of sp³-hybridized carbons (Fsp3) is 0.647. The Morgan fingerprint density at radius 3 is 2.96 bits per heavy atom. The number of thioether (sulfide) groups is 1. The molecule has 0 spiro atoms. The number of aromatic nitrogens is 1. The smallest absolute Gasteiger partial charge is 0.213 e. The van der Waals surface area contributed by atoms with Crippen LogP contribution in [0.4, 0.5) is 0 Å². The van der Waals surface area contributed by atoms with Gasteiger partial charge in [0.2, 0.25) is 5.88 Å². The molecule has 1 aliphatic carbocycles. The van der Waals surface area contributed by atoms with E-state index >= 15 is 0 Å². The molecule has 5 nitrogen and oxygen atoms in total. The second kappa shape index (κ2) is 10.4. The first-order valence-corrected chi connectivity index (χ1v) is 9.84. The molecule has 1 heterocycles. The monoisotopic (exact) mass is 336 g/mol. The lowest BCUT2D eigenvalue weighted by Crippen LogP contribution is -2.38. The highest BCUT2D eigenvalue weighted by atomic mass is 32.2. The molecule has 1 saturated carbocycles. The normalized spacial score (nSPS) is 15.7.